The number of amides is 1. The summed E-state index contributed by atoms with van der Waals surface area (Å²) in [5.41, 5.74) is 0.449. The molecule has 0 aromatic carbocycles. The van der Waals surface area contributed by atoms with Crippen molar-refractivity contribution >= 4 is 11.9 Å². The highest BCUT2D eigenvalue weighted by Crippen LogP contribution is 1.94. The van der Waals surface area contributed by atoms with Crippen molar-refractivity contribution in [1.29, 1.82) is 0 Å². The Labute approximate surface area is 111 Å². The van der Waals surface area contributed by atoms with Crippen molar-refractivity contribution in [3.05, 3.63) is 33.7 Å². The third kappa shape index (κ3) is 4.95. The molecule has 19 heavy (non-hydrogen) atoms. The van der Waals surface area contributed by atoms with Crippen LogP contribution in [-0.4, -0.2) is 30.0 Å². The molecular formula is C13H18N2O4. The van der Waals surface area contributed by atoms with Gasteiger partial charge < -0.3 is 15.0 Å². The van der Waals surface area contributed by atoms with E-state index in [4.69, 9.17) is 4.74 Å². The molecule has 2 N–H and O–H groups in total. The third-order valence-electron chi connectivity index (χ3n) is 2.45. The van der Waals surface area contributed by atoms with Crippen molar-refractivity contribution in [2.24, 2.45) is 0 Å². The maximum absolute atomic E-state index is 11.7. The van der Waals surface area contributed by atoms with Gasteiger partial charge in [0.2, 0.25) is 0 Å². The summed E-state index contributed by atoms with van der Waals surface area (Å²) in [5.74, 6) is -0.727. The number of aryl methyl sites for hydroxylation is 1. The first kappa shape index (κ1) is 14.9. The molecule has 0 aliphatic rings. The quantitative estimate of drug-likeness (QED) is 0.587. The Kier molecular flexibility index (Phi) is 5.78. The van der Waals surface area contributed by atoms with Gasteiger partial charge in [0.1, 0.15) is 5.56 Å². The summed E-state index contributed by atoms with van der Waals surface area (Å²) in [4.78, 5) is 37.1. The highest BCUT2D eigenvalue weighted by molar-refractivity contribution is 5.93. The Morgan fingerprint density at radius 3 is 2.79 bits per heavy atom. The van der Waals surface area contributed by atoms with E-state index in [1.165, 1.54) is 12.3 Å². The molecule has 1 rings (SSSR count). The lowest BCUT2D eigenvalue weighted by Crippen LogP contribution is -2.29. The van der Waals surface area contributed by atoms with E-state index in [0.717, 1.165) is 0 Å². The van der Waals surface area contributed by atoms with Gasteiger partial charge in [-0.3, -0.25) is 14.4 Å². The van der Waals surface area contributed by atoms with E-state index in [0.29, 0.717) is 25.3 Å². The van der Waals surface area contributed by atoms with Gasteiger partial charge in [-0.25, -0.2) is 0 Å². The number of aromatic amines is 1. The van der Waals surface area contributed by atoms with Crippen LogP contribution in [0.5, 0.6) is 0 Å². The summed E-state index contributed by atoms with van der Waals surface area (Å²) in [6.45, 7) is 4.15. The topological polar surface area (TPSA) is 88.3 Å². The number of ether oxygens (including phenoxy) is 1. The molecule has 1 aromatic rings. The van der Waals surface area contributed by atoms with Gasteiger partial charge in [0.25, 0.3) is 5.91 Å². The van der Waals surface area contributed by atoms with Gasteiger partial charge >= 0.3 is 5.97 Å². The van der Waals surface area contributed by atoms with Crippen LogP contribution in [0, 0.1) is 6.92 Å². The minimum atomic E-state index is -0.440. The second-order valence-corrected chi connectivity index (χ2v) is 4.06. The third-order valence-corrected chi connectivity index (χ3v) is 2.45. The average molecular weight is 266 g/mol. The summed E-state index contributed by atoms with van der Waals surface area (Å²) >= 11 is 0. The standard InChI is InChI=1S/C13H18N2O4/c1-3-19-12(17)5-4-6-14-13(18)10-8-15-9(2)7-11(10)16/h7-8H,3-6H2,1-2H3,(H,14,18)(H,15,16). The van der Waals surface area contributed by atoms with Crippen LogP contribution in [0.3, 0.4) is 0 Å². The van der Waals surface area contributed by atoms with Crippen LogP contribution in [0.2, 0.25) is 0 Å². The average Bonchev–Trinajstić information content (AvgIpc) is 2.34. The highest BCUT2D eigenvalue weighted by atomic mass is 16.5. The number of pyridine rings is 1. The predicted octanol–water partition coefficient (Wildman–Crippen LogP) is 0.756. The van der Waals surface area contributed by atoms with Crippen LogP contribution in [0.4, 0.5) is 0 Å². The number of H-pyrrole nitrogens is 1. The van der Waals surface area contributed by atoms with Gasteiger partial charge in [-0.2, -0.15) is 0 Å². The van der Waals surface area contributed by atoms with E-state index in [2.05, 4.69) is 10.3 Å². The summed E-state index contributed by atoms with van der Waals surface area (Å²) in [5, 5.41) is 2.59. The lowest BCUT2D eigenvalue weighted by molar-refractivity contribution is -0.143. The second-order valence-electron chi connectivity index (χ2n) is 4.06. The minimum Gasteiger partial charge on any atom is -0.466 e. The number of rotatable bonds is 6. The van der Waals surface area contributed by atoms with Crippen molar-refractivity contribution in [1.82, 2.24) is 10.3 Å². The largest absolute Gasteiger partial charge is 0.466 e. The SMILES string of the molecule is CCOC(=O)CCCNC(=O)c1c[nH]c(C)cc1=O. The lowest BCUT2D eigenvalue weighted by Gasteiger charge is -2.05. The van der Waals surface area contributed by atoms with Crippen molar-refractivity contribution in [3.8, 4) is 0 Å². The fraction of sp³-hybridized carbons (Fsp3) is 0.462. The van der Waals surface area contributed by atoms with Gasteiger partial charge in [-0.05, 0) is 20.3 Å². The van der Waals surface area contributed by atoms with E-state index >= 15 is 0 Å². The summed E-state index contributed by atoms with van der Waals surface area (Å²) < 4.78 is 4.76. The number of hydrogen-bond acceptors (Lipinski definition) is 4. The highest BCUT2D eigenvalue weighted by Gasteiger charge is 2.09. The normalized spacial score (nSPS) is 10.0. The van der Waals surface area contributed by atoms with Crippen LogP contribution >= 0.6 is 0 Å². The van der Waals surface area contributed by atoms with Crippen LogP contribution in [0.15, 0.2) is 17.1 Å². The maximum Gasteiger partial charge on any atom is 0.305 e. The first-order valence-electron chi connectivity index (χ1n) is 6.17. The van der Waals surface area contributed by atoms with Crippen molar-refractivity contribution < 1.29 is 14.3 Å². The van der Waals surface area contributed by atoms with Gasteiger partial charge in [0.05, 0.1) is 6.61 Å². The number of esters is 1. The molecule has 1 aromatic heterocycles. The zero-order chi connectivity index (χ0) is 14.3. The van der Waals surface area contributed by atoms with Gasteiger partial charge in [-0.1, -0.05) is 0 Å². The Hall–Kier alpha value is -2.11. The molecule has 104 valence electrons. The van der Waals surface area contributed by atoms with Gasteiger partial charge in [0, 0.05) is 30.9 Å². The number of carbonyl (C=O) groups is 2. The first-order chi connectivity index (χ1) is 9.04. The van der Waals surface area contributed by atoms with Crippen LogP contribution < -0.4 is 10.7 Å². The zero-order valence-electron chi connectivity index (χ0n) is 11.1. The van der Waals surface area contributed by atoms with Crippen molar-refractivity contribution in [2.45, 2.75) is 26.7 Å². The molecule has 0 spiro atoms. The summed E-state index contributed by atoms with van der Waals surface area (Å²) in [7, 11) is 0. The number of hydrogen-bond donors (Lipinski definition) is 2. The Bertz CT molecular complexity index is 508. The van der Waals surface area contributed by atoms with Gasteiger partial charge in [-0.15, -0.1) is 0 Å². The maximum atomic E-state index is 11.7. The molecule has 6 heteroatoms. The van der Waals surface area contributed by atoms with Crippen molar-refractivity contribution in [2.75, 3.05) is 13.2 Å². The van der Waals surface area contributed by atoms with E-state index < -0.39 is 5.91 Å². The molecule has 0 radical (unpaired) electrons. The fourth-order valence-electron chi connectivity index (χ4n) is 1.51. The van der Waals surface area contributed by atoms with Crippen LogP contribution in [-0.2, 0) is 9.53 Å². The molecule has 0 aliphatic carbocycles. The molecule has 0 unspecified atom stereocenters. The molecule has 0 aliphatic heterocycles. The molecule has 0 atom stereocenters. The van der Waals surface area contributed by atoms with Crippen LogP contribution in [0.1, 0.15) is 35.8 Å². The van der Waals surface area contributed by atoms with Gasteiger partial charge in [0.15, 0.2) is 5.43 Å². The van der Waals surface area contributed by atoms with Crippen molar-refractivity contribution in [3.63, 3.8) is 0 Å². The van der Waals surface area contributed by atoms with E-state index in [9.17, 15) is 14.4 Å². The molecule has 1 amide bonds. The molecule has 0 saturated heterocycles. The van der Waals surface area contributed by atoms with E-state index in [1.807, 2.05) is 0 Å². The van der Waals surface area contributed by atoms with E-state index in [-0.39, 0.29) is 23.4 Å². The Morgan fingerprint density at radius 2 is 2.16 bits per heavy atom. The minimum absolute atomic E-state index is 0.0711. The predicted molar refractivity (Wildman–Crippen MR) is 70.0 cm³/mol. The molecule has 0 bridgehead atoms. The monoisotopic (exact) mass is 266 g/mol. The number of aromatic nitrogens is 1. The molecule has 6 nitrogen and oxygen atoms in total. The van der Waals surface area contributed by atoms with Crippen LogP contribution in [0.25, 0.3) is 0 Å². The Balaban J connectivity index is 2.39. The number of carbonyl (C=O) groups excluding carboxylic acids is 2. The second kappa shape index (κ2) is 7.35. The molecule has 1 heterocycles. The number of nitrogens with one attached hydrogen (secondary N) is 2. The zero-order valence-corrected chi connectivity index (χ0v) is 11.1. The Morgan fingerprint density at radius 1 is 1.42 bits per heavy atom. The molecule has 0 fully saturated rings. The van der Waals surface area contributed by atoms with E-state index in [1.54, 1.807) is 13.8 Å². The smallest absolute Gasteiger partial charge is 0.305 e. The fourth-order valence-corrected chi connectivity index (χ4v) is 1.51. The molecule has 0 saturated carbocycles. The summed E-state index contributed by atoms with van der Waals surface area (Å²) in [6.07, 6.45) is 2.12. The summed E-state index contributed by atoms with van der Waals surface area (Å²) in [6, 6.07) is 1.37. The first-order valence-corrected chi connectivity index (χ1v) is 6.17. The molecular weight excluding hydrogens is 248 g/mol. The lowest BCUT2D eigenvalue weighted by atomic mass is 10.2.